The van der Waals surface area contributed by atoms with E-state index >= 15 is 0 Å². The quantitative estimate of drug-likeness (QED) is 0.667. The van der Waals surface area contributed by atoms with Gasteiger partial charge in [-0.15, -0.1) is 0 Å². The summed E-state index contributed by atoms with van der Waals surface area (Å²) in [6.07, 6.45) is 1.20. The summed E-state index contributed by atoms with van der Waals surface area (Å²) in [5.41, 5.74) is 5.94. The summed E-state index contributed by atoms with van der Waals surface area (Å²) in [6, 6.07) is 0. The summed E-state index contributed by atoms with van der Waals surface area (Å²) in [6.45, 7) is 10.7. The second-order valence-corrected chi connectivity index (χ2v) is 5.07. The molecule has 0 saturated heterocycles. The third-order valence-electron chi connectivity index (χ3n) is 2.03. The molecule has 0 aromatic rings. The minimum Gasteiger partial charge on any atom is -0.324 e. The van der Waals surface area contributed by atoms with Crippen molar-refractivity contribution in [3.63, 3.8) is 0 Å². The lowest BCUT2D eigenvalue weighted by Gasteiger charge is -2.30. The van der Waals surface area contributed by atoms with Crippen LogP contribution in [0.1, 0.15) is 27.2 Å². The van der Waals surface area contributed by atoms with Crippen LogP contribution in [0.25, 0.3) is 0 Å². The highest BCUT2D eigenvalue weighted by Crippen LogP contribution is 2.02. The zero-order valence-corrected chi connectivity index (χ0v) is 10.5. The van der Waals surface area contributed by atoms with Crippen LogP contribution in [-0.2, 0) is 0 Å². The molecule has 2 N–H and O–H groups in total. The van der Waals surface area contributed by atoms with E-state index in [4.69, 9.17) is 5.73 Å². The van der Waals surface area contributed by atoms with E-state index in [0.29, 0.717) is 0 Å². The van der Waals surface area contributed by atoms with E-state index in [1.54, 1.807) is 0 Å². The predicted molar refractivity (Wildman–Crippen MR) is 63.6 cm³/mol. The van der Waals surface area contributed by atoms with Crippen LogP contribution in [0.5, 0.6) is 0 Å². The third kappa shape index (κ3) is 8.48. The molecule has 0 saturated carbocycles. The first-order chi connectivity index (χ1) is 6.35. The predicted octanol–water partition coefficient (Wildman–Crippen LogP) is 0.997. The Morgan fingerprint density at radius 1 is 1.07 bits per heavy atom. The van der Waals surface area contributed by atoms with Gasteiger partial charge in [-0.1, -0.05) is 6.92 Å². The molecular weight excluding hydrogens is 174 g/mol. The van der Waals surface area contributed by atoms with Crippen molar-refractivity contribution in [2.24, 2.45) is 5.73 Å². The first-order valence-corrected chi connectivity index (χ1v) is 5.51. The fraction of sp³-hybridized carbons (Fsp3) is 1.00. The van der Waals surface area contributed by atoms with E-state index in [0.717, 1.165) is 26.2 Å². The van der Waals surface area contributed by atoms with Gasteiger partial charge in [-0.3, -0.25) is 0 Å². The number of rotatable bonds is 7. The molecule has 0 heterocycles. The molecule has 0 aliphatic rings. The highest BCUT2D eigenvalue weighted by molar-refractivity contribution is 4.77. The highest BCUT2D eigenvalue weighted by Gasteiger charge is 2.15. The van der Waals surface area contributed by atoms with Crippen molar-refractivity contribution in [2.45, 2.75) is 32.7 Å². The molecule has 0 unspecified atom stereocenters. The maximum absolute atomic E-state index is 6.02. The summed E-state index contributed by atoms with van der Waals surface area (Å²) in [7, 11) is 4.22. The lowest BCUT2D eigenvalue weighted by atomic mass is 10.1. The molecule has 0 aromatic heterocycles. The van der Waals surface area contributed by atoms with Gasteiger partial charge in [0.05, 0.1) is 0 Å². The average Bonchev–Trinajstić information content (AvgIpc) is 1.98. The summed E-state index contributed by atoms with van der Waals surface area (Å²) >= 11 is 0. The standard InChI is InChI=1S/C11H27N3/c1-6-7-14(9-8-13(4)5)10-11(2,3)12/h6-10,12H2,1-5H3. The zero-order chi connectivity index (χ0) is 11.2. The molecule has 14 heavy (non-hydrogen) atoms. The van der Waals surface area contributed by atoms with E-state index < -0.39 is 0 Å². The Morgan fingerprint density at radius 3 is 2.00 bits per heavy atom. The van der Waals surface area contributed by atoms with Crippen LogP contribution in [0.2, 0.25) is 0 Å². The number of hydrogen-bond acceptors (Lipinski definition) is 3. The Balaban J connectivity index is 3.89. The number of nitrogens with zero attached hydrogens (tertiary/aromatic N) is 2. The van der Waals surface area contributed by atoms with Gasteiger partial charge in [0.15, 0.2) is 0 Å². The Kier molecular flexibility index (Phi) is 6.33. The zero-order valence-electron chi connectivity index (χ0n) is 10.5. The Labute approximate surface area is 89.2 Å². The van der Waals surface area contributed by atoms with E-state index in [-0.39, 0.29) is 5.54 Å². The van der Waals surface area contributed by atoms with Crippen molar-refractivity contribution in [3.8, 4) is 0 Å². The molecule has 0 spiro atoms. The van der Waals surface area contributed by atoms with Crippen molar-refractivity contribution in [2.75, 3.05) is 40.3 Å². The van der Waals surface area contributed by atoms with Crippen molar-refractivity contribution >= 4 is 0 Å². The first kappa shape index (κ1) is 13.9. The molecule has 0 bridgehead atoms. The van der Waals surface area contributed by atoms with Gasteiger partial charge in [-0.25, -0.2) is 0 Å². The molecule has 0 aliphatic heterocycles. The minimum absolute atomic E-state index is 0.0819. The molecule has 0 aliphatic carbocycles. The molecule has 0 rings (SSSR count). The molecule has 3 heteroatoms. The largest absolute Gasteiger partial charge is 0.324 e. The third-order valence-corrected chi connectivity index (χ3v) is 2.03. The van der Waals surface area contributed by atoms with Crippen molar-refractivity contribution in [1.29, 1.82) is 0 Å². The van der Waals surface area contributed by atoms with E-state index in [1.807, 2.05) is 0 Å². The smallest absolute Gasteiger partial charge is 0.0226 e. The molecule has 0 radical (unpaired) electrons. The fourth-order valence-electron chi connectivity index (χ4n) is 1.50. The van der Waals surface area contributed by atoms with Crippen LogP contribution in [0.3, 0.4) is 0 Å². The highest BCUT2D eigenvalue weighted by atomic mass is 15.2. The Morgan fingerprint density at radius 2 is 1.64 bits per heavy atom. The van der Waals surface area contributed by atoms with Crippen LogP contribution in [0.4, 0.5) is 0 Å². The first-order valence-electron chi connectivity index (χ1n) is 5.51. The Bertz CT molecular complexity index is 138. The van der Waals surface area contributed by atoms with Gasteiger partial charge in [-0.2, -0.15) is 0 Å². The fourth-order valence-corrected chi connectivity index (χ4v) is 1.50. The van der Waals surface area contributed by atoms with Crippen LogP contribution in [-0.4, -0.2) is 55.6 Å². The maximum Gasteiger partial charge on any atom is 0.0226 e. The van der Waals surface area contributed by atoms with Gasteiger partial charge in [-0.05, 0) is 40.9 Å². The van der Waals surface area contributed by atoms with E-state index in [2.05, 4.69) is 44.7 Å². The Hall–Kier alpha value is -0.120. The summed E-state index contributed by atoms with van der Waals surface area (Å²) in [4.78, 5) is 4.66. The normalized spacial score (nSPS) is 12.9. The van der Waals surface area contributed by atoms with Crippen molar-refractivity contribution in [1.82, 2.24) is 9.80 Å². The minimum atomic E-state index is -0.0819. The van der Waals surface area contributed by atoms with Crippen LogP contribution >= 0.6 is 0 Å². The summed E-state index contributed by atoms with van der Waals surface area (Å²) in [5.74, 6) is 0. The summed E-state index contributed by atoms with van der Waals surface area (Å²) in [5, 5.41) is 0. The molecule has 3 nitrogen and oxygen atoms in total. The lowest BCUT2D eigenvalue weighted by molar-refractivity contribution is 0.205. The number of likely N-dealkylation sites (N-methyl/N-ethyl adjacent to an activating group) is 1. The monoisotopic (exact) mass is 201 g/mol. The topological polar surface area (TPSA) is 32.5 Å². The molecule has 0 amide bonds. The van der Waals surface area contributed by atoms with Gasteiger partial charge >= 0.3 is 0 Å². The molecule has 0 aromatic carbocycles. The van der Waals surface area contributed by atoms with Crippen LogP contribution in [0.15, 0.2) is 0 Å². The van der Waals surface area contributed by atoms with E-state index in [9.17, 15) is 0 Å². The maximum atomic E-state index is 6.02. The van der Waals surface area contributed by atoms with Gasteiger partial charge in [0.25, 0.3) is 0 Å². The second kappa shape index (κ2) is 6.38. The molecular formula is C11H27N3. The van der Waals surface area contributed by atoms with Crippen LogP contribution < -0.4 is 5.73 Å². The average molecular weight is 201 g/mol. The van der Waals surface area contributed by atoms with Crippen LogP contribution in [0, 0.1) is 0 Å². The molecule has 0 atom stereocenters. The van der Waals surface area contributed by atoms with Gasteiger partial charge in [0, 0.05) is 25.2 Å². The SMILES string of the molecule is CCCN(CCN(C)C)CC(C)(C)N. The van der Waals surface area contributed by atoms with Crippen molar-refractivity contribution in [3.05, 3.63) is 0 Å². The van der Waals surface area contributed by atoms with Gasteiger partial charge < -0.3 is 15.5 Å². The summed E-state index contributed by atoms with van der Waals surface area (Å²) < 4.78 is 0. The van der Waals surface area contributed by atoms with Crippen molar-refractivity contribution < 1.29 is 0 Å². The number of nitrogens with two attached hydrogens (primary N) is 1. The van der Waals surface area contributed by atoms with Gasteiger partial charge in [0.2, 0.25) is 0 Å². The van der Waals surface area contributed by atoms with E-state index in [1.165, 1.54) is 6.42 Å². The second-order valence-electron chi connectivity index (χ2n) is 5.07. The number of hydrogen-bond donors (Lipinski definition) is 1. The molecule has 0 fully saturated rings. The van der Waals surface area contributed by atoms with Gasteiger partial charge in [0.1, 0.15) is 0 Å². The molecule has 86 valence electrons. The lowest BCUT2D eigenvalue weighted by Crippen LogP contribution is -2.47.